The number of piperazine rings is 1. The number of hydrogen-bond donors (Lipinski definition) is 2. The molecule has 0 radical (unpaired) electrons. The van der Waals surface area contributed by atoms with Gasteiger partial charge in [0.2, 0.25) is 0 Å². The van der Waals surface area contributed by atoms with Crippen LogP contribution in [0.1, 0.15) is 24.9 Å². The molecule has 0 unspecified atom stereocenters. The summed E-state index contributed by atoms with van der Waals surface area (Å²) in [5, 5.41) is 13.4. The third-order valence-electron chi connectivity index (χ3n) is 3.72. The van der Waals surface area contributed by atoms with Crippen LogP contribution >= 0.6 is 0 Å². The summed E-state index contributed by atoms with van der Waals surface area (Å²) >= 11 is 0. The summed E-state index contributed by atoms with van der Waals surface area (Å²) in [6.45, 7) is 10.2. The van der Waals surface area contributed by atoms with E-state index in [0.717, 1.165) is 43.7 Å². The van der Waals surface area contributed by atoms with Crippen LogP contribution in [0.2, 0.25) is 0 Å². The maximum atomic E-state index is 9.99. The minimum atomic E-state index is 0.201. The SMILES string of the molecule is C=C(C)C[C@H](c1ccc(OC)c(O)c1)N1CCNCC1. The lowest BCUT2D eigenvalue weighted by Crippen LogP contribution is -2.45. The second-order valence-corrected chi connectivity index (χ2v) is 5.39. The molecule has 1 fully saturated rings. The fraction of sp³-hybridized carbons (Fsp3) is 0.500. The zero-order valence-electron chi connectivity index (χ0n) is 12.4. The van der Waals surface area contributed by atoms with E-state index in [1.54, 1.807) is 7.11 Å². The molecule has 1 atom stereocenters. The minimum absolute atomic E-state index is 0.201. The van der Waals surface area contributed by atoms with E-state index in [-0.39, 0.29) is 11.8 Å². The molecule has 1 aromatic rings. The maximum Gasteiger partial charge on any atom is 0.160 e. The normalized spacial score (nSPS) is 17.7. The van der Waals surface area contributed by atoms with Crippen molar-refractivity contribution in [3.05, 3.63) is 35.9 Å². The van der Waals surface area contributed by atoms with Gasteiger partial charge in [-0.05, 0) is 31.0 Å². The summed E-state index contributed by atoms with van der Waals surface area (Å²) in [4.78, 5) is 2.45. The van der Waals surface area contributed by atoms with E-state index >= 15 is 0 Å². The van der Waals surface area contributed by atoms with Crippen molar-refractivity contribution >= 4 is 0 Å². The number of nitrogens with zero attached hydrogens (tertiary/aromatic N) is 1. The van der Waals surface area contributed by atoms with E-state index in [4.69, 9.17) is 4.74 Å². The first kappa shape index (κ1) is 14.9. The second-order valence-electron chi connectivity index (χ2n) is 5.39. The third-order valence-corrected chi connectivity index (χ3v) is 3.72. The Morgan fingerprint density at radius 2 is 2.15 bits per heavy atom. The van der Waals surface area contributed by atoms with E-state index in [1.807, 2.05) is 18.2 Å². The molecule has 4 heteroatoms. The topological polar surface area (TPSA) is 44.7 Å². The lowest BCUT2D eigenvalue weighted by molar-refractivity contribution is 0.172. The van der Waals surface area contributed by atoms with Crippen LogP contribution < -0.4 is 10.1 Å². The van der Waals surface area contributed by atoms with Gasteiger partial charge in [0, 0.05) is 32.2 Å². The summed E-state index contributed by atoms with van der Waals surface area (Å²) in [5.41, 5.74) is 2.28. The van der Waals surface area contributed by atoms with Crippen molar-refractivity contribution in [2.75, 3.05) is 33.3 Å². The van der Waals surface area contributed by atoms with Gasteiger partial charge in [0.1, 0.15) is 0 Å². The van der Waals surface area contributed by atoms with Gasteiger partial charge in [-0.15, -0.1) is 6.58 Å². The maximum absolute atomic E-state index is 9.99. The Balaban J connectivity index is 2.25. The Bertz CT molecular complexity index is 468. The molecule has 0 amide bonds. The fourth-order valence-electron chi connectivity index (χ4n) is 2.70. The Labute approximate surface area is 121 Å². The number of phenolic OH excluding ortho intramolecular Hbond substituents is 1. The Morgan fingerprint density at radius 3 is 2.70 bits per heavy atom. The number of nitrogens with one attached hydrogen (secondary N) is 1. The zero-order valence-corrected chi connectivity index (χ0v) is 12.4. The summed E-state index contributed by atoms with van der Waals surface area (Å²) in [7, 11) is 1.57. The number of aromatic hydroxyl groups is 1. The average molecular weight is 276 g/mol. The summed E-state index contributed by atoms with van der Waals surface area (Å²) < 4.78 is 5.12. The van der Waals surface area contributed by atoms with Crippen LogP contribution in [0.4, 0.5) is 0 Å². The largest absolute Gasteiger partial charge is 0.504 e. The molecular weight excluding hydrogens is 252 g/mol. The van der Waals surface area contributed by atoms with Gasteiger partial charge in [-0.1, -0.05) is 11.6 Å². The van der Waals surface area contributed by atoms with Gasteiger partial charge >= 0.3 is 0 Å². The lowest BCUT2D eigenvalue weighted by Gasteiger charge is -2.35. The van der Waals surface area contributed by atoms with Crippen molar-refractivity contribution in [2.24, 2.45) is 0 Å². The van der Waals surface area contributed by atoms with Crippen LogP contribution in [0.25, 0.3) is 0 Å². The van der Waals surface area contributed by atoms with Crippen LogP contribution in [-0.2, 0) is 0 Å². The van der Waals surface area contributed by atoms with E-state index in [9.17, 15) is 5.11 Å². The first-order valence-corrected chi connectivity index (χ1v) is 7.08. The predicted molar refractivity (Wildman–Crippen MR) is 81.3 cm³/mol. The molecule has 2 N–H and O–H groups in total. The van der Waals surface area contributed by atoms with E-state index in [1.165, 1.54) is 0 Å². The van der Waals surface area contributed by atoms with Crippen LogP contribution in [0.15, 0.2) is 30.4 Å². The minimum Gasteiger partial charge on any atom is -0.504 e. The number of hydrogen-bond acceptors (Lipinski definition) is 4. The number of phenols is 1. The van der Waals surface area contributed by atoms with Gasteiger partial charge in [-0.25, -0.2) is 0 Å². The molecule has 20 heavy (non-hydrogen) atoms. The van der Waals surface area contributed by atoms with Gasteiger partial charge in [-0.3, -0.25) is 4.90 Å². The van der Waals surface area contributed by atoms with E-state index < -0.39 is 0 Å². The third kappa shape index (κ3) is 3.52. The molecule has 1 heterocycles. The second kappa shape index (κ2) is 6.77. The van der Waals surface area contributed by atoms with Gasteiger partial charge in [0.25, 0.3) is 0 Å². The Morgan fingerprint density at radius 1 is 1.45 bits per heavy atom. The molecule has 0 aliphatic carbocycles. The molecule has 4 nitrogen and oxygen atoms in total. The van der Waals surface area contributed by atoms with Gasteiger partial charge in [0.15, 0.2) is 11.5 Å². The van der Waals surface area contributed by atoms with Crippen LogP contribution in [0, 0.1) is 0 Å². The van der Waals surface area contributed by atoms with E-state index in [2.05, 4.69) is 23.7 Å². The molecule has 0 spiro atoms. The molecule has 1 aliphatic heterocycles. The predicted octanol–water partition coefficient (Wildman–Crippen LogP) is 2.31. The number of methoxy groups -OCH3 is 1. The number of ether oxygens (including phenoxy) is 1. The van der Waals surface area contributed by atoms with Crippen molar-refractivity contribution in [1.82, 2.24) is 10.2 Å². The molecule has 1 aliphatic rings. The molecule has 1 saturated heterocycles. The van der Waals surface area contributed by atoms with Crippen LogP contribution in [0.5, 0.6) is 11.5 Å². The standard InChI is InChI=1S/C16H24N2O2/c1-12(2)10-14(18-8-6-17-7-9-18)13-4-5-16(20-3)15(19)11-13/h4-5,11,14,17,19H,1,6-10H2,2-3H3/t14-/m1/s1. The molecule has 110 valence electrons. The summed E-state index contributed by atoms with van der Waals surface area (Å²) in [5.74, 6) is 0.718. The van der Waals surface area contributed by atoms with Gasteiger partial charge in [0.05, 0.1) is 7.11 Å². The number of benzene rings is 1. The van der Waals surface area contributed by atoms with E-state index in [0.29, 0.717) is 5.75 Å². The highest BCUT2D eigenvalue weighted by Crippen LogP contribution is 2.33. The van der Waals surface area contributed by atoms with Crippen molar-refractivity contribution in [2.45, 2.75) is 19.4 Å². The highest BCUT2D eigenvalue weighted by atomic mass is 16.5. The van der Waals surface area contributed by atoms with Crippen molar-refractivity contribution in [3.8, 4) is 11.5 Å². The summed E-state index contributed by atoms with van der Waals surface area (Å²) in [6.07, 6.45) is 0.909. The highest BCUT2D eigenvalue weighted by Gasteiger charge is 2.23. The van der Waals surface area contributed by atoms with Crippen LogP contribution in [0.3, 0.4) is 0 Å². The monoisotopic (exact) mass is 276 g/mol. The van der Waals surface area contributed by atoms with Crippen molar-refractivity contribution < 1.29 is 9.84 Å². The lowest BCUT2D eigenvalue weighted by atomic mass is 9.97. The molecular formula is C16H24N2O2. The quantitative estimate of drug-likeness (QED) is 0.810. The molecule has 2 rings (SSSR count). The first-order valence-electron chi connectivity index (χ1n) is 7.08. The van der Waals surface area contributed by atoms with Gasteiger partial charge < -0.3 is 15.2 Å². The fourth-order valence-corrected chi connectivity index (χ4v) is 2.70. The molecule has 0 bridgehead atoms. The molecule has 1 aromatic carbocycles. The van der Waals surface area contributed by atoms with Crippen molar-refractivity contribution in [1.29, 1.82) is 0 Å². The summed E-state index contributed by atoms with van der Waals surface area (Å²) in [6, 6.07) is 5.95. The van der Waals surface area contributed by atoms with Crippen molar-refractivity contribution in [3.63, 3.8) is 0 Å². The number of rotatable bonds is 5. The van der Waals surface area contributed by atoms with Crippen LogP contribution in [-0.4, -0.2) is 43.3 Å². The first-order chi connectivity index (χ1) is 9.61. The smallest absolute Gasteiger partial charge is 0.160 e. The Hall–Kier alpha value is -1.52. The zero-order chi connectivity index (χ0) is 14.5. The highest BCUT2D eigenvalue weighted by molar-refractivity contribution is 5.43. The average Bonchev–Trinajstić information content (AvgIpc) is 2.45. The Kier molecular flexibility index (Phi) is 5.04. The molecule has 0 saturated carbocycles. The van der Waals surface area contributed by atoms with Gasteiger partial charge in [-0.2, -0.15) is 0 Å². The molecule has 0 aromatic heterocycles.